The summed E-state index contributed by atoms with van der Waals surface area (Å²) in [6.07, 6.45) is 5.02. The van der Waals surface area contributed by atoms with Gasteiger partial charge in [-0.15, -0.1) is 0 Å². The van der Waals surface area contributed by atoms with Gasteiger partial charge < -0.3 is 20.5 Å². The average Bonchev–Trinajstić information content (AvgIpc) is 2.33. The van der Waals surface area contributed by atoms with Crippen LogP contribution in [0.15, 0.2) is 0 Å². The maximum absolute atomic E-state index is 12.3. The summed E-state index contributed by atoms with van der Waals surface area (Å²) in [7, 11) is 1.78. The summed E-state index contributed by atoms with van der Waals surface area (Å²) >= 11 is 0. The lowest BCUT2D eigenvalue weighted by molar-refractivity contribution is -0.140. The van der Waals surface area contributed by atoms with E-state index in [0.717, 1.165) is 12.8 Å². The molecule has 2 aliphatic rings. The van der Waals surface area contributed by atoms with Crippen molar-refractivity contribution in [2.75, 3.05) is 33.4 Å². The highest BCUT2D eigenvalue weighted by atomic mass is 16.5. The van der Waals surface area contributed by atoms with E-state index < -0.39 is 5.60 Å². The number of ether oxygens (including phenoxy) is 1. The van der Waals surface area contributed by atoms with Crippen molar-refractivity contribution in [2.45, 2.75) is 44.1 Å². The van der Waals surface area contributed by atoms with E-state index in [1.165, 1.54) is 6.42 Å². The van der Waals surface area contributed by atoms with Crippen molar-refractivity contribution in [3.63, 3.8) is 0 Å². The van der Waals surface area contributed by atoms with Crippen LogP contribution in [0.1, 0.15) is 38.5 Å². The Labute approximate surface area is 115 Å². The Balaban J connectivity index is 1.85. The number of hydrogen-bond donors (Lipinski definition) is 2. The van der Waals surface area contributed by atoms with Gasteiger partial charge in [0.05, 0.1) is 5.60 Å². The number of aliphatic hydroxyl groups is 1. The molecule has 0 bridgehead atoms. The van der Waals surface area contributed by atoms with Crippen LogP contribution in [0.25, 0.3) is 0 Å². The molecule has 0 aromatic rings. The predicted octanol–water partition coefficient (Wildman–Crippen LogP) is 0.505. The summed E-state index contributed by atoms with van der Waals surface area (Å²) < 4.78 is 5.25. The molecule has 2 fully saturated rings. The fourth-order valence-corrected chi connectivity index (χ4v) is 3.02. The number of nitrogens with zero attached hydrogens (tertiary/aromatic N) is 1. The largest absolute Gasteiger partial charge is 0.388 e. The summed E-state index contributed by atoms with van der Waals surface area (Å²) in [6, 6.07) is 0. The molecule has 0 spiro atoms. The molecule has 0 aromatic heterocycles. The van der Waals surface area contributed by atoms with Crippen molar-refractivity contribution in [1.82, 2.24) is 4.90 Å². The van der Waals surface area contributed by atoms with Crippen molar-refractivity contribution in [3.05, 3.63) is 0 Å². The van der Waals surface area contributed by atoms with Crippen LogP contribution < -0.4 is 5.73 Å². The number of rotatable bonds is 5. The van der Waals surface area contributed by atoms with Crippen molar-refractivity contribution >= 4 is 5.91 Å². The van der Waals surface area contributed by atoms with Crippen molar-refractivity contribution in [2.24, 2.45) is 11.1 Å². The number of amides is 1. The monoisotopic (exact) mass is 270 g/mol. The van der Waals surface area contributed by atoms with Gasteiger partial charge in [0.25, 0.3) is 0 Å². The minimum atomic E-state index is -0.780. The molecule has 1 aliphatic heterocycles. The van der Waals surface area contributed by atoms with Crippen LogP contribution in [-0.4, -0.2) is 54.9 Å². The molecular weight excluding hydrogens is 244 g/mol. The fraction of sp³-hybridized carbons (Fsp3) is 0.929. The lowest BCUT2D eigenvalue weighted by Gasteiger charge is -2.42. The summed E-state index contributed by atoms with van der Waals surface area (Å²) in [4.78, 5) is 13.9. The molecule has 1 saturated carbocycles. The van der Waals surface area contributed by atoms with E-state index >= 15 is 0 Å². The van der Waals surface area contributed by atoms with E-state index in [0.29, 0.717) is 45.6 Å². The number of hydrogen-bond acceptors (Lipinski definition) is 4. The lowest BCUT2D eigenvalue weighted by Crippen LogP contribution is -2.49. The molecule has 0 radical (unpaired) electrons. The third kappa shape index (κ3) is 3.46. The number of nitrogens with two attached hydrogens (primary N) is 1. The highest BCUT2D eigenvalue weighted by molar-refractivity contribution is 5.77. The van der Waals surface area contributed by atoms with Crippen LogP contribution in [0.2, 0.25) is 0 Å². The van der Waals surface area contributed by atoms with Crippen LogP contribution in [-0.2, 0) is 9.53 Å². The Kier molecular flexibility index (Phi) is 4.48. The zero-order valence-corrected chi connectivity index (χ0v) is 11.9. The molecule has 1 saturated heterocycles. The molecule has 2 rings (SSSR count). The van der Waals surface area contributed by atoms with Crippen molar-refractivity contribution in [1.29, 1.82) is 0 Å². The Hall–Kier alpha value is -0.650. The lowest BCUT2D eigenvalue weighted by atomic mass is 9.66. The molecule has 0 unspecified atom stereocenters. The van der Waals surface area contributed by atoms with Gasteiger partial charge >= 0.3 is 0 Å². The van der Waals surface area contributed by atoms with Crippen LogP contribution in [0, 0.1) is 5.41 Å². The Morgan fingerprint density at radius 2 is 1.95 bits per heavy atom. The van der Waals surface area contributed by atoms with E-state index in [2.05, 4.69) is 0 Å². The maximum atomic E-state index is 12.3. The highest BCUT2D eigenvalue weighted by Crippen LogP contribution is 2.43. The van der Waals surface area contributed by atoms with Crippen LogP contribution in [0.4, 0.5) is 0 Å². The van der Waals surface area contributed by atoms with Crippen LogP contribution >= 0.6 is 0 Å². The number of likely N-dealkylation sites (N-methyl/N-ethyl adjacent to an activating group) is 1. The SMILES string of the molecule is CN(CC1(O)CCOCC1)C(=O)CC1(CN)CCC1. The zero-order valence-electron chi connectivity index (χ0n) is 11.9. The van der Waals surface area contributed by atoms with Gasteiger partial charge in [-0.05, 0) is 24.8 Å². The van der Waals surface area contributed by atoms with Gasteiger partial charge in [0.2, 0.25) is 5.91 Å². The Bertz CT molecular complexity index is 317. The van der Waals surface area contributed by atoms with Gasteiger partial charge in [-0.3, -0.25) is 4.79 Å². The minimum absolute atomic E-state index is 0.0314. The Morgan fingerprint density at radius 3 is 2.42 bits per heavy atom. The summed E-state index contributed by atoms with van der Waals surface area (Å²) in [5, 5.41) is 10.4. The van der Waals surface area contributed by atoms with E-state index in [1.807, 2.05) is 0 Å². The molecule has 3 N–H and O–H groups in total. The second-order valence-corrected chi connectivity index (χ2v) is 6.32. The molecule has 19 heavy (non-hydrogen) atoms. The van der Waals surface area contributed by atoms with E-state index in [-0.39, 0.29) is 11.3 Å². The van der Waals surface area contributed by atoms with E-state index in [4.69, 9.17) is 10.5 Å². The molecule has 1 aliphatic carbocycles. The minimum Gasteiger partial charge on any atom is -0.388 e. The molecule has 110 valence electrons. The van der Waals surface area contributed by atoms with Gasteiger partial charge in [0, 0.05) is 46.1 Å². The second kappa shape index (κ2) is 5.77. The van der Waals surface area contributed by atoms with Gasteiger partial charge in [-0.2, -0.15) is 0 Å². The topological polar surface area (TPSA) is 75.8 Å². The normalized spacial score (nSPS) is 24.6. The highest BCUT2D eigenvalue weighted by Gasteiger charge is 2.39. The van der Waals surface area contributed by atoms with Crippen LogP contribution in [0.5, 0.6) is 0 Å². The molecule has 0 atom stereocenters. The van der Waals surface area contributed by atoms with Crippen molar-refractivity contribution < 1.29 is 14.6 Å². The molecular formula is C14H26N2O3. The first-order chi connectivity index (χ1) is 8.99. The maximum Gasteiger partial charge on any atom is 0.223 e. The number of carbonyl (C=O) groups excluding carboxylic acids is 1. The molecule has 0 aromatic carbocycles. The zero-order chi connectivity index (χ0) is 13.9. The second-order valence-electron chi connectivity index (χ2n) is 6.32. The van der Waals surface area contributed by atoms with Gasteiger partial charge in [0.1, 0.15) is 0 Å². The third-order valence-corrected chi connectivity index (χ3v) is 4.75. The van der Waals surface area contributed by atoms with Crippen molar-refractivity contribution in [3.8, 4) is 0 Å². The van der Waals surface area contributed by atoms with E-state index in [1.54, 1.807) is 11.9 Å². The molecule has 5 heteroatoms. The van der Waals surface area contributed by atoms with Gasteiger partial charge in [-0.25, -0.2) is 0 Å². The molecule has 1 amide bonds. The summed E-state index contributed by atoms with van der Waals surface area (Å²) in [6.45, 7) is 2.14. The smallest absolute Gasteiger partial charge is 0.223 e. The van der Waals surface area contributed by atoms with E-state index in [9.17, 15) is 9.90 Å². The Morgan fingerprint density at radius 1 is 1.32 bits per heavy atom. The summed E-state index contributed by atoms with van der Waals surface area (Å²) in [5.74, 6) is 0.102. The summed E-state index contributed by atoms with van der Waals surface area (Å²) in [5.41, 5.74) is 5.04. The molecule has 5 nitrogen and oxygen atoms in total. The third-order valence-electron chi connectivity index (χ3n) is 4.75. The first-order valence-corrected chi connectivity index (χ1v) is 7.23. The standard InChI is InChI=1S/C14H26N2O3/c1-16(11-14(18)5-7-19-8-6-14)12(17)9-13(10-15)3-2-4-13/h18H,2-11,15H2,1H3. The average molecular weight is 270 g/mol. The number of carbonyl (C=O) groups is 1. The van der Waals surface area contributed by atoms with Gasteiger partial charge in [-0.1, -0.05) is 6.42 Å². The first kappa shape index (κ1) is 14.8. The fourth-order valence-electron chi connectivity index (χ4n) is 3.02. The predicted molar refractivity (Wildman–Crippen MR) is 72.6 cm³/mol. The molecule has 1 heterocycles. The first-order valence-electron chi connectivity index (χ1n) is 7.23. The van der Waals surface area contributed by atoms with Crippen LogP contribution in [0.3, 0.4) is 0 Å². The quantitative estimate of drug-likeness (QED) is 0.763. The van der Waals surface area contributed by atoms with Gasteiger partial charge in [0.15, 0.2) is 0 Å².